The molecular formula is C16H19N. The highest BCUT2D eigenvalue weighted by atomic mass is 15.2. The fourth-order valence-corrected chi connectivity index (χ4v) is 4.12. The fourth-order valence-electron chi connectivity index (χ4n) is 4.12. The first kappa shape index (κ1) is 9.76. The van der Waals surface area contributed by atoms with Crippen LogP contribution in [0.4, 0.5) is 5.69 Å². The van der Waals surface area contributed by atoms with Crippen molar-refractivity contribution in [2.75, 3.05) is 18.0 Å². The van der Waals surface area contributed by atoms with Crippen LogP contribution >= 0.6 is 0 Å². The second-order valence-electron chi connectivity index (χ2n) is 6.02. The van der Waals surface area contributed by atoms with Crippen molar-refractivity contribution in [3.63, 3.8) is 0 Å². The number of hydrogen-bond donors (Lipinski definition) is 0. The third-order valence-corrected chi connectivity index (χ3v) is 5.06. The molecule has 0 spiro atoms. The van der Waals surface area contributed by atoms with Gasteiger partial charge >= 0.3 is 0 Å². The lowest BCUT2D eigenvalue weighted by molar-refractivity contribution is 0.395. The summed E-state index contributed by atoms with van der Waals surface area (Å²) in [7, 11) is 0. The Kier molecular flexibility index (Phi) is 1.94. The normalized spacial score (nSPS) is 37.8. The van der Waals surface area contributed by atoms with E-state index in [2.05, 4.69) is 48.2 Å². The Balaban J connectivity index is 1.58. The standard InChI is InChI=1S/C16H19N/c1-11-2-6-14(7-3-11)17-9-15-12-4-5-13(8-12)16(15)10-17/h2-7,12-13,15-16H,8-10H2,1H3/t12-,13+,15-,16+. The van der Waals surface area contributed by atoms with E-state index < -0.39 is 0 Å². The van der Waals surface area contributed by atoms with Gasteiger partial charge in [-0.15, -0.1) is 0 Å². The molecule has 0 amide bonds. The molecule has 0 radical (unpaired) electrons. The van der Waals surface area contributed by atoms with Gasteiger partial charge in [0, 0.05) is 18.8 Å². The summed E-state index contributed by atoms with van der Waals surface area (Å²) in [4.78, 5) is 2.60. The van der Waals surface area contributed by atoms with Gasteiger partial charge in [0.25, 0.3) is 0 Å². The summed E-state index contributed by atoms with van der Waals surface area (Å²) in [5, 5.41) is 0. The Hall–Kier alpha value is -1.24. The fraction of sp³-hybridized carbons (Fsp3) is 0.500. The summed E-state index contributed by atoms with van der Waals surface area (Å²) in [6, 6.07) is 9.03. The number of aryl methyl sites for hydroxylation is 1. The van der Waals surface area contributed by atoms with Crippen LogP contribution in [-0.2, 0) is 0 Å². The van der Waals surface area contributed by atoms with E-state index in [9.17, 15) is 0 Å². The van der Waals surface area contributed by atoms with Gasteiger partial charge in [0.2, 0.25) is 0 Å². The van der Waals surface area contributed by atoms with E-state index in [4.69, 9.17) is 0 Å². The highest BCUT2D eigenvalue weighted by molar-refractivity contribution is 5.49. The van der Waals surface area contributed by atoms with E-state index in [-0.39, 0.29) is 0 Å². The molecule has 1 aromatic rings. The Morgan fingerprint density at radius 1 is 0.941 bits per heavy atom. The van der Waals surface area contributed by atoms with Gasteiger partial charge in [-0.2, -0.15) is 0 Å². The SMILES string of the molecule is Cc1ccc(N2C[C@@H]3[C@H](C2)[C@@H]2C=C[C@H]3C2)cc1. The second kappa shape index (κ2) is 3.38. The van der Waals surface area contributed by atoms with Crippen LogP contribution in [0.25, 0.3) is 0 Å². The number of fused-ring (bicyclic) bond motifs is 5. The third kappa shape index (κ3) is 1.38. The average molecular weight is 225 g/mol. The van der Waals surface area contributed by atoms with Gasteiger partial charge in [-0.05, 0) is 49.1 Å². The molecule has 2 fully saturated rings. The maximum Gasteiger partial charge on any atom is 0.0366 e. The van der Waals surface area contributed by atoms with Crippen LogP contribution < -0.4 is 4.90 Å². The minimum atomic E-state index is 0.889. The largest absolute Gasteiger partial charge is 0.371 e. The van der Waals surface area contributed by atoms with Crippen molar-refractivity contribution < 1.29 is 0 Å². The molecule has 17 heavy (non-hydrogen) atoms. The Bertz CT molecular complexity index is 439. The van der Waals surface area contributed by atoms with Crippen LogP contribution in [0.15, 0.2) is 36.4 Å². The average Bonchev–Trinajstić information content (AvgIpc) is 3.02. The quantitative estimate of drug-likeness (QED) is 0.663. The van der Waals surface area contributed by atoms with Crippen molar-refractivity contribution in [3.05, 3.63) is 42.0 Å². The molecule has 0 unspecified atom stereocenters. The third-order valence-electron chi connectivity index (χ3n) is 5.06. The molecule has 0 aromatic heterocycles. The first-order valence-corrected chi connectivity index (χ1v) is 6.81. The number of rotatable bonds is 1. The predicted octanol–water partition coefficient (Wildman–Crippen LogP) is 3.25. The number of anilines is 1. The van der Waals surface area contributed by atoms with E-state index >= 15 is 0 Å². The second-order valence-corrected chi connectivity index (χ2v) is 6.02. The van der Waals surface area contributed by atoms with Crippen molar-refractivity contribution in [2.45, 2.75) is 13.3 Å². The van der Waals surface area contributed by atoms with Crippen LogP contribution in [0.3, 0.4) is 0 Å². The summed E-state index contributed by atoms with van der Waals surface area (Å²) in [6.07, 6.45) is 6.39. The van der Waals surface area contributed by atoms with Gasteiger partial charge in [0.1, 0.15) is 0 Å². The summed E-state index contributed by atoms with van der Waals surface area (Å²) < 4.78 is 0. The van der Waals surface area contributed by atoms with Crippen molar-refractivity contribution in [1.82, 2.24) is 0 Å². The highest BCUT2D eigenvalue weighted by Crippen LogP contribution is 2.51. The lowest BCUT2D eigenvalue weighted by Gasteiger charge is -2.20. The molecule has 2 aliphatic carbocycles. The molecule has 1 saturated heterocycles. The lowest BCUT2D eigenvalue weighted by atomic mass is 9.86. The van der Waals surface area contributed by atoms with Gasteiger partial charge in [-0.25, -0.2) is 0 Å². The summed E-state index contributed by atoms with van der Waals surface area (Å²) >= 11 is 0. The van der Waals surface area contributed by atoms with Crippen LogP contribution in [0.2, 0.25) is 0 Å². The topological polar surface area (TPSA) is 3.24 Å². The van der Waals surface area contributed by atoms with E-state index in [0.717, 1.165) is 23.7 Å². The molecule has 0 N–H and O–H groups in total. The predicted molar refractivity (Wildman–Crippen MR) is 71.1 cm³/mol. The number of hydrogen-bond acceptors (Lipinski definition) is 1. The zero-order valence-electron chi connectivity index (χ0n) is 10.3. The van der Waals surface area contributed by atoms with Crippen LogP contribution in [0.5, 0.6) is 0 Å². The maximum atomic E-state index is 2.60. The van der Waals surface area contributed by atoms with Crippen molar-refractivity contribution in [3.8, 4) is 0 Å². The van der Waals surface area contributed by atoms with Crippen LogP contribution in [0, 0.1) is 30.6 Å². The molecule has 4 atom stereocenters. The van der Waals surface area contributed by atoms with Gasteiger partial charge in [0.05, 0.1) is 0 Å². The molecule has 1 aliphatic heterocycles. The van der Waals surface area contributed by atoms with Crippen LogP contribution in [-0.4, -0.2) is 13.1 Å². The molecule has 4 rings (SSSR count). The summed E-state index contributed by atoms with van der Waals surface area (Å²) in [5.41, 5.74) is 2.78. The van der Waals surface area contributed by atoms with Gasteiger partial charge in [-0.3, -0.25) is 0 Å². The van der Waals surface area contributed by atoms with E-state index in [0.29, 0.717) is 0 Å². The van der Waals surface area contributed by atoms with Gasteiger partial charge < -0.3 is 4.90 Å². The molecule has 1 heteroatoms. The number of benzene rings is 1. The zero-order valence-corrected chi connectivity index (χ0v) is 10.3. The minimum absolute atomic E-state index is 0.889. The summed E-state index contributed by atoms with van der Waals surface area (Å²) in [5.74, 6) is 3.65. The maximum absolute atomic E-state index is 2.60. The highest BCUT2D eigenvalue weighted by Gasteiger charge is 2.49. The molecule has 2 bridgehead atoms. The Morgan fingerprint density at radius 2 is 1.53 bits per heavy atom. The number of allylic oxidation sites excluding steroid dienone is 2. The molecular weight excluding hydrogens is 206 g/mol. The molecule has 1 aromatic carbocycles. The Morgan fingerprint density at radius 3 is 2.12 bits per heavy atom. The molecule has 1 nitrogen and oxygen atoms in total. The van der Waals surface area contributed by atoms with Crippen molar-refractivity contribution in [2.24, 2.45) is 23.7 Å². The lowest BCUT2D eigenvalue weighted by Crippen LogP contribution is -2.22. The summed E-state index contributed by atoms with van der Waals surface area (Å²) in [6.45, 7) is 4.71. The molecule has 1 heterocycles. The molecule has 88 valence electrons. The molecule has 1 saturated carbocycles. The van der Waals surface area contributed by atoms with E-state index in [1.54, 1.807) is 0 Å². The minimum Gasteiger partial charge on any atom is -0.371 e. The van der Waals surface area contributed by atoms with E-state index in [1.165, 1.54) is 30.8 Å². The van der Waals surface area contributed by atoms with Crippen molar-refractivity contribution in [1.29, 1.82) is 0 Å². The Labute approximate surface area is 103 Å². The first-order chi connectivity index (χ1) is 8.31. The van der Waals surface area contributed by atoms with Gasteiger partial charge in [0.15, 0.2) is 0 Å². The van der Waals surface area contributed by atoms with E-state index in [1.807, 2.05) is 0 Å². The smallest absolute Gasteiger partial charge is 0.0366 e. The number of nitrogens with zero attached hydrogens (tertiary/aromatic N) is 1. The van der Waals surface area contributed by atoms with Crippen molar-refractivity contribution >= 4 is 5.69 Å². The van der Waals surface area contributed by atoms with Gasteiger partial charge in [-0.1, -0.05) is 29.8 Å². The monoisotopic (exact) mass is 225 g/mol. The molecule has 3 aliphatic rings. The van der Waals surface area contributed by atoms with Crippen LogP contribution in [0.1, 0.15) is 12.0 Å². The zero-order chi connectivity index (χ0) is 11.4. The first-order valence-electron chi connectivity index (χ1n) is 6.81.